The fourth-order valence-corrected chi connectivity index (χ4v) is 1.63. The number of urea groups is 2. The minimum absolute atomic E-state index is 0.150. The number of aromatic nitrogens is 2. The van der Waals surface area contributed by atoms with E-state index >= 15 is 0 Å². The third-order valence-electron chi connectivity index (χ3n) is 2.70. The highest BCUT2D eigenvalue weighted by atomic mass is 16.2. The summed E-state index contributed by atoms with van der Waals surface area (Å²) in [5.74, 6) is 11.3. The van der Waals surface area contributed by atoms with Gasteiger partial charge in [0.25, 0.3) is 0 Å². The first kappa shape index (κ1) is 15.2. The van der Waals surface area contributed by atoms with E-state index in [0.29, 0.717) is 21.4 Å². The number of primary amides is 2. The van der Waals surface area contributed by atoms with Gasteiger partial charge in [-0.1, -0.05) is 12.1 Å². The highest BCUT2D eigenvalue weighted by Crippen LogP contribution is 2.20. The van der Waals surface area contributed by atoms with Gasteiger partial charge in [0.05, 0.1) is 11.4 Å². The number of nitrogens with two attached hydrogens (primary N) is 4. The molecule has 0 atom stereocenters. The minimum Gasteiger partial charge on any atom is -0.350 e. The molecule has 2 aromatic heterocycles. The molecule has 0 radical (unpaired) electrons. The van der Waals surface area contributed by atoms with E-state index in [2.05, 4.69) is 9.97 Å². The summed E-state index contributed by atoms with van der Waals surface area (Å²) in [6.45, 7) is 0. The number of anilines is 2. The van der Waals surface area contributed by atoms with Crippen LogP contribution in [0.3, 0.4) is 0 Å². The molecule has 0 unspecified atom stereocenters. The number of nitrogens with zero attached hydrogens (tertiary/aromatic N) is 4. The van der Waals surface area contributed by atoms with Gasteiger partial charge in [0, 0.05) is 0 Å². The Morgan fingerprint density at radius 1 is 0.773 bits per heavy atom. The van der Waals surface area contributed by atoms with Crippen molar-refractivity contribution in [2.75, 3.05) is 10.0 Å². The highest BCUT2D eigenvalue weighted by Gasteiger charge is 2.13. The minimum atomic E-state index is -0.853. The molecule has 2 aromatic rings. The van der Waals surface area contributed by atoms with Crippen molar-refractivity contribution in [1.29, 1.82) is 0 Å². The van der Waals surface area contributed by atoms with Gasteiger partial charge in [-0.3, -0.25) is 0 Å². The zero-order valence-corrected chi connectivity index (χ0v) is 11.4. The number of carbonyl (C=O) groups excluding carboxylic acids is 2. The summed E-state index contributed by atoms with van der Waals surface area (Å²) in [6, 6.07) is 7.87. The van der Waals surface area contributed by atoms with E-state index in [1.807, 2.05) is 0 Å². The molecule has 0 saturated heterocycles. The summed E-state index contributed by atoms with van der Waals surface area (Å²) in [5, 5.41) is 1.40. The van der Waals surface area contributed by atoms with Crippen LogP contribution in [-0.4, -0.2) is 22.0 Å². The molecule has 0 aliphatic carbocycles. The molecule has 0 aliphatic rings. The maximum Gasteiger partial charge on any atom is 0.335 e. The molecule has 0 bridgehead atoms. The van der Waals surface area contributed by atoms with Crippen LogP contribution in [0, 0.1) is 0 Å². The van der Waals surface area contributed by atoms with Crippen LogP contribution in [0.15, 0.2) is 36.4 Å². The molecular formula is C12H14N8O2. The van der Waals surface area contributed by atoms with E-state index in [9.17, 15) is 9.59 Å². The molecule has 0 spiro atoms. The summed E-state index contributed by atoms with van der Waals surface area (Å²) in [7, 11) is 0. The van der Waals surface area contributed by atoms with Crippen molar-refractivity contribution in [3.05, 3.63) is 36.4 Å². The molecule has 0 fully saturated rings. The van der Waals surface area contributed by atoms with Crippen LogP contribution in [-0.2, 0) is 0 Å². The lowest BCUT2D eigenvalue weighted by molar-refractivity contribution is 0.253. The van der Waals surface area contributed by atoms with Crippen LogP contribution < -0.4 is 33.2 Å². The van der Waals surface area contributed by atoms with Gasteiger partial charge in [-0.05, 0) is 24.3 Å². The lowest BCUT2D eigenvalue weighted by Crippen LogP contribution is -2.42. The zero-order chi connectivity index (χ0) is 16.3. The molecule has 2 heterocycles. The van der Waals surface area contributed by atoms with Gasteiger partial charge in [0.15, 0.2) is 11.6 Å². The summed E-state index contributed by atoms with van der Waals surface area (Å²) in [6.07, 6.45) is 0. The van der Waals surface area contributed by atoms with Gasteiger partial charge in [0.2, 0.25) is 0 Å². The van der Waals surface area contributed by atoms with E-state index < -0.39 is 12.1 Å². The van der Waals surface area contributed by atoms with Crippen molar-refractivity contribution in [2.45, 2.75) is 0 Å². The summed E-state index contributed by atoms with van der Waals surface area (Å²) >= 11 is 0. The van der Waals surface area contributed by atoms with Crippen LogP contribution in [0.1, 0.15) is 0 Å². The summed E-state index contributed by atoms with van der Waals surface area (Å²) < 4.78 is 0. The first-order chi connectivity index (χ1) is 10.4. The molecule has 4 amide bonds. The molecule has 0 saturated carbocycles. The van der Waals surface area contributed by atoms with Crippen molar-refractivity contribution in [3.8, 4) is 11.4 Å². The van der Waals surface area contributed by atoms with Crippen molar-refractivity contribution in [2.24, 2.45) is 23.2 Å². The van der Waals surface area contributed by atoms with E-state index in [0.717, 1.165) is 0 Å². The first-order valence-corrected chi connectivity index (χ1v) is 6.03. The van der Waals surface area contributed by atoms with Gasteiger partial charge in [0.1, 0.15) is 0 Å². The first-order valence-electron chi connectivity index (χ1n) is 6.03. The van der Waals surface area contributed by atoms with Crippen LogP contribution >= 0.6 is 0 Å². The fraction of sp³-hybridized carbons (Fsp3) is 0. The van der Waals surface area contributed by atoms with Crippen LogP contribution in [0.25, 0.3) is 11.4 Å². The monoisotopic (exact) mass is 302 g/mol. The molecule has 114 valence electrons. The third kappa shape index (κ3) is 3.08. The largest absolute Gasteiger partial charge is 0.350 e. The Labute approximate surface area is 125 Å². The maximum absolute atomic E-state index is 11.1. The number of hydrogen-bond acceptors (Lipinski definition) is 6. The second-order valence-electron chi connectivity index (χ2n) is 4.18. The predicted molar refractivity (Wildman–Crippen MR) is 80.0 cm³/mol. The standard InChI is InChI=1S/C12H14N8O2/c13-11(21)19(15)9-5-1-3-7(17-9)8-4-2-6-10(18-8)20(16)12(14)22/h1-6H,15-16H2,(H2,13,21)(H2,14,22). The number of hydrogen-bond donors (Lipinski definition) is 4. The van der Waals surface area contributed by atoms with Gasteiger partial charge >= 0.3 is 12.1 Å². The number of rotatable bonds is 3. The smallest absolute Gasteiger partial charge is 0.335 e. The molecule has 0 aliphatic heterocycles. The molecule has 10 nitrogen and oxygen atoms in total. The Hall–Kier alpha value is -3.24. The van der Waals surface area contributed by atoms with Crippen LogP contribution in [0.2, 0.25) is 0 Å². The van der Waals surface area contributed by atoms with Gasteiger partial charge in [-0.2, -0.15) is 0 Å². The average Bonchev–Trinajstić information content (AvgIpc) is 2.53. The highest BCUT2D eigenvalue weighted by molar-refractivity contribution is 5.89. The Morgan fingerprint density at radius 2 is 1.14 bits per heavy atom. The lowest BCUT2D eigenvalue weighted by Gasteiger charge is -2.15. The lowest BCUT2D eigenvalue weighted by atomic mass is 10.2. The maximum atomic E-state index is 11.1. The molecule has 8 N–H and O–H groups in total. The van der Waals surface area contributed by atoms with Crippen molar-refractivity contribution < 1.29 is 9.59 Å². The summed E-state index contributed by atoms with van der Waals surface area (Å²) in [4.78, 5) is 30.5. The quantitative estimate of drug-likeness (QED) is 0.343. The number of carbonyl (C=O) groups is 2. The molecule has 0 aromatic carbocycles. The molecule has 10 heteroatoms. The predicted octanol–water partition coefficient (Wildman–Crippen LogP) is -0.339. The molecule has 22 heavy (non-hydrogen) atoms. The zero-order valence-electron chi connectivity index (χ0n) is 11.4. The van der Waals surface area contributed by atoms with Crippen LogP contribution in [0.5, 0.6) is 0 Å². The second kappa shape index (κ2) is 6.03. The van der Waals surface area contributed by atoms with Crippen LogP contribution in [0.4, 0.5) is 21.2 Å². The topological polar surface area (TPSA) is 170 Å². The fourth-order valence-electron chi connectivity index (χ4n) is 1.63. The van der Waals surface area contributed by atoms with Crippen molar-refractivity contribution in [1.82, 2.24) is 9.97 Å². The van der Waals surface area contributed by atoms with E-state index in [4.69, 9.17) is 23.2 Å². The number of amides is 4. The van der Waals surface area contributed by atoms with Gasteiger partial charge < -0.3 is 11.5 Å². The van der Waals surface area contributed by atoms with Gasteiger partial charge in [-0.15, -0.1) is 0 Å². The van der Waals surface area contributed by atoms with E-state index in [1.165, 1.54) is 12.1 Å². The Balaban J connectivity index is 2.40. The molecular weight excluding hydrogens is 288 g/mol. The SMILES string of the molecule is NC(=O)N(N)c1cccc(-c2cccc(N(N)C(N)=O)n2)n1. The van der Waals surface area contributed by atoms with Crippen molar-refractivity contribution in [3.63, 3.8) is 0 Å². The van der Waals surface area contributed by atoms with E-state index in [-0.39, 0.29) is 11.6 Å². The number of hydrazine groups is 2. The Kier molecular flexibility index (Phi) is 4.15. The average molecular weight is 302 g/mol. The van der Waals surface area contributed by atoms with E-state index in [1.54, 1.807) is 24.3 Å². The number of pyridine rings is 2. The Morgan fingerprint density at radius 3 is 1.45 bits per heavy atom. The van der Waals surface area contributed by atoms with Gasteiger partial charge in [-0.25, -0.2) is 41.3 Å². The van der Waals surface area contributed by atoms with Crippen molar-refractivity contribution >= 4 is 23.7 Å². The normalized spacial score (nSPS) is 10.1. The Bertz CT molecular complexity index is 658. The molecule has 2 rings (SSSR count). The third-order valence-corrected chi connectivity index (χ3v) is 2.70. The second-order valence-corrected chi connectivity index (χ2v) is 4.18. The summed E-state index contributed by atoms with van der Waals surface area (Å²) in [5.41, 5.74) is 11.0.